The smallest absolute Gasteiger partial charge is 0.251 e. The van der Waals surface area contributed by atoms with Gasteiger partial charge in [-0.05, 0) is 37.1 Å². The number of amides is 2. The predicted octanol–water partition coefficient (Wildman–Crippen LogP) is 1.28. The lowest BCUT2D eigenvalue weighted by atomic mass is 10.2. The zero-order valence-electron chi connectivity index (χ0n) is 16.4. The van der Waals surface area contributed by atoms with Crippen molar-refractivity contribution in [3.63, 3.8) is 0 Å². The van der Waals surface area contributed by atoms with Crippen LogP contribution in [0.2, 0.25) is 0 Å². The van der Waals surface area contributed by atoms with Crippen molar-refractivity contribution in [3.8, 4) is 0 Å². The molecule has 8 nitrogen and oxygen atoms in total. The monoisotopic (exact) mass is 519 g/mol. The van der Waals surface area contributed by atoms with Crippen molar-refractivity contribution in [1.29, 1.82) is 0 Å². The molecule has 2 aliphatic heterocycles. The lowest BCUT2D eigenvalue weighted by Crippen LogP contribution is -2.55. The molecule has 0 aliphatic carbocycles. The number of carbonyl (C=O) groups is 2. The Morgan fingerprint density at radius 3 is 2.41 bits per heavy atom. The third-order valence-electron chi connectivity index (χ3n) is 4.84. The highest BCUT2D eigenvalue weighted by molar-refractivity contribution is 14.0. The highest BCUT2D eigenvalue weighted by atomic mass is 127. The van der Waals surface area contributed by atoms with E-state index in [1.165, 1.54) is 24.3 Å². The van der Waals surface area contributed by atoms with Crippen LogP contribution in [0.5, 0.6) is 0 Å². The topological polar surface area (TPSA) is 86.3 Å². The highest BCUT2D eigenvalue weighted by Crippen LogP contribution is 2.16. The summed E-state index contributed by atoms with van der Waals surface area (Å²) in [5.41, 5.74) is 0.532. The van der Waals surface area contributed by atoms with E-state index in [0.717, 1.165) is 12.8 Å². The number of piperazine rings is 1. The fourth-order valence-electron chi connectivity index (χ4n) is 3.34. The van der Waals surface area contributed by atoms with Crippen molar-refractivity contribution in [2.75, 3.05) is 51.7 Å². The normalized spacial score (nSPS) is 19.5. The van der Waals surface area contributed by atoms with Gasteiger partial charge in [0.25, 0.3) is 5.91 Å². The summed E-state index contributed by atoms with van der Waals surface area (Å²) in [5.74, 6) is 0.0749. The van der Waals surface area contributed by atoms with Gasteiger partial charge >= 0.3 is 0 Å². The fraction of sp³-hybridized carbons (Fsp3) is 0.526. The summed E-state index contributed by atoms with van der Waals surface area (Å²) in [6, 6.07) is 5.59. The molecule has 1 unspecified atom stereocenters. The number of ether oxygens (including phenoxy) is 1. The number of hydrogen-bond acceptors (Lipinski definition) is 4. The van der Waals surface area contributed by atoms with Gasteiger partial charge in [-0.15, -0.1) is 24.0 Å². The third kappa shape index (κ3) is 6.53. The molecule has 0 saturated carbocycles. The van der Waals surface area contributed by atoms with Crippen LogP contribution in [0.4, 0.5) is 10.1 Å². The molecule has 2 amide bonds. The second-order valence-corrected chi connectivity index (χ2v) is 6.77. The molecule has 0 spiro atoms. The van der Waals surface area contributed by atoms with E-state index in [4.69, 9.17) is 4.74 Å². The summed E-state index contributed by atoms with van der Waals surface area (Å²) in [6.45, 7) is 3.17. The van der Waals surface area contributed by atoms with E-state index in [1.54, 1.807) is 7.05 Å². The first-order valence-corrected chi connectivity index (χ1v) is 9.48. The standard InChI is InChI=1S/C19H26FN5O3.HI/c1-21-19(22-13-17(26)23-15-6-4-14(20)5-7-15)25-10-8-24(9-11-25)18(27)16-3-2-12-28-16;/h4-7,16H,2-3,8-13H2,1H3,(H,21,22)(H,23,26);1H. The molecule has 2 heterocycles. The van der Waals surface area contributed by atoms with Crippen LogP contribution < -0.4 is 10.6 Å². The summed E-state index contributed by atoms with van der Waals surface area (Å²) < 4.78 is 18.4. The Balaban J connectivity index is 0.00000300. The first-order chi connectivity index (χ1) is 13.6. The molecule has 0 radical (unpaired) electrons. The molecule has 2 saturated heterocycles. The molecule has 1 aromatic carbocycles. The second kappa shape index (κ2) is 11.3. The Kier molecular flexibility index (Phi) is 9.08. The van der Waals surface area contributed by atoms with Crippen molar-refractivity contribution >= 4 is 47.4 Å². The molecule has 2 N–H and O–H groups in total. The molecule has 160 valence electrons. The Morgan fingerprint density at radius 2 is 1.83 bits per heavy atom. The minimum Gasteiger partial charge on any atom is -0.368 e. The minimum absolute atomic E-state index is 0. The molecule has 1 aromatic rings. The number of benzene rings is 1. The van der Waals surface area contributed by atoms with Crippen molar-refractivity contribution in [2.24, 2.45) is 4.99 Å². The SMILES string of the molecule is CN=C(NCC(=O)Nc1ccc(F)cc1)N1CCN(C(=O)C2CCCO2)CC1.I. The van der Waals surface area contributed by atoms with E-state index in [1.807, 2.05) is 9.80 Å². The summed E-state index contributed by atoms with van der Waals surface area (Å²) in [5, 5.41) is 5.73. The van der Waals surface area contributed by atoms with Crippen LogP contribution in [-0.4, -0.2) is 80.1 Å². The maximum atomic E-state index is 12.9. The molecule has 0 aromatic heterocycles. The molecule has 2 fully saturated rings. The maximum Gasteiger partial charge on any atom is 0.251 e. The fourth-order valence-corrected chi connectivity index (χ4v) is 3.34. The Hall–Kier alpha value is -1.95. The summed E-state index contributed by atoms with van der Waals surface area (Å²) in [6.07, 6.45) is 1.44. The lowest BCUT2D eigenvalue weighted by Gasteiger charge is -2.37. The predicted molar refractivity (Wildman–Crippen MR) is 119 cm³/mol. The van der Waals surface area contributed by atoms with Gasteiger partial charge in [0.15, 0.2) is 5.96 Å². The van der Waals surface area contributed by atoms with E-state index in [-0.39, 0.29) is 54.3 Å². The molecule has 0 bridgehead atoms. The number of carbonyl (C=O) groups excluding carboxylic acids is 2. The number of rotatable bonds is 4. The summed E-state index contributed by atoms with van der Waals surface area (Å²) >= 11 is 0. The van der Waals surface area contributed by atoms with E-state index in [2.05, 4.69) is 15.6 Å². The number of halogens is 2. The lowest BCUT2D eigenvalue weighted by molar-refractivity contribution is -0.142. The van der Waals surface area contributed by atoms with Gasteiger partial charge in [0.2, 0.25) is 5.91 Å². The highest BCUT2D eigenvalue weighted by Gasteiger charge is 2.30. The van der Waals surface area contributed by atoms with E-state index in [0.29, 0.717) is 44.4 Å². The molecule has 29 heavy (non-hydrogen) atoms. The van der Waals surface area contributed by atoms with Gasteiger partial charge in [-0.25, -0.2) is 4.39 Å². The zero-order chi connectivity index (χ0) is 19.9. The molecule has 10 heteroatoms. The number of hydrogen-bond donors (Lipinski definition) is 2. The van der Waals surface area contributed by atoms with Gasteiger partial charge in [-0.3, -0.25) is 14.6 Å². The van der Waals surface area contributed by atoms with Crippen molar-refractivity contribution in [2.45, 2.75) is 18.9 Å². The maximum absolute atomic E-state index is 12.9. The van der Waals surface area contributed by atoms with Gasteiger partial charge in [0.05, 0.1) is 6.54 Å². The number of guanidine groups is 1. The molecular formula is C19H27FIN5O3. The molecule has 3 rings (SSSR count). The quantitative estimate of drug-likeness (QED) is 0.356. The van der Waals surface area contributed by atoms with Crippen LogP contribution in [0.1, 0.15) is 12.8 Å². The number of aliphatic imine (C=N–C) groups is 1. The Bertz CT molecular complexity index is 717. The van der Waals surface area contributed by atoms with Crippen LogP contribution in [-0.2, 0) is 14.3 Å². The summed E-state index contributed by atoms with van der Waals surface area (Å²) in [7, 11) is 1.66. The molecular weight excluding hydrogens is 492 g/mol. The van der Waals surface area contributed by atoms with Crippen LogP contribution >= 0.6 is 24.0 Å². The van der Waals surface area contributed by atoms with Crippen molar-refractivity contribution in [3.05, 3.63) is 30.1 Å². The molecule has 1 atom stereocenters. The zero-order valence-corrected chi connectivity index (χ0v) is 18.7. The number of nitrogens with one attached hydrogen (secondary N) is 2. The van der Waals surface area contributed by atoms with E-state index >= 15 is 0 Å². The van der Waals surface area contributed by atoms with Gasteiger partial charge in [-0.1, -0.05) is 0 Å². The Morgan fingerprint density at radius 1 is 1.17 bits per heavy atom. The van der Waals surface area contributed by atoms with Crippen molar-refractivity contribution in [1.82, 2.24) is 15.1 Å². The summed E-state index contributed by atoms with van der Waals surface area (Å²) in [4.78, 5) is 32.6. The van der Waals surface area contributed by atoms with E-state index < -0.39 is 0 Å². The van der Waals surface area contributed by atoms with Gasteiger partial charge in [0.1, 0.15) is 11.9 Å². The number of anilines is 1. The second-order valence-electron chi connectivity index (χ2n) is 6.77. The van der Waals surface area contributed by atoms with Gasteiger partial charge < -0.3 is 25.2 Å². The first kappa shape index (κ1) is 23.3. The average Bonchev–Trinajstić information content (AvgIpc) is 3.25. The van der Waals surface area contributed by atoms with Crippen LogP contribution in [0.15, 0.2) is 29.3 Å². The van der Waals surface area contributed by atoms with Gasteiger partial charge in [-0.2, -0.15) is 0 Å². The van der Waals surface area contributed by atoms with E-state index in [9.17, 15) is 14.0 Å². The largest absolute Gasteiger partial charge is 0.368 e. The minimum atomic E-state index is -0.353. The van der Waals surface area contributed by atoms with Crippen LogP contribution in [0.3, 0.4) is 0 Å². The Labute approximate surface area is 186 Å². The number of nitrogens with zero attached hydrogens (tertiary/aromatic N) is 3. The van der Waals surface area contributed by atoms with Crippen LogP contribution in [0.25, 0.3) is 0 Å². The van der Waals surface area contributed by atoms with Crippen LogP contribution in [0, 0.1) is 5.82 Å². The van der Waals surface area contributed by atoms with Gasteiger partial charge in [0, 0.05) is 45.5 Å². The average molecular weight is 519 g/mol. The first-order valence-electron chi connectivity index (χ1n) is 9.48. The third-order valence-corrected chi connectivity index (χ3v) is 4.84. The molecule has 2 aliphatic rings. The van der Waals surface area contributed by atoms with Crippen molar-refractivity contribution < 1.29 is 18.7 Å².